The standard InChI is InChI=1S/C18H26N2O4/c1-22-15-11-14(12-16(23-2)17(15)24-3)20-18(21)19-10-9-13-7-5-4-6-8-13/h7,11-12H,4-6,8-10H2,1-3H3,(H2,19,20,21). The van der Waals surface area contributed by atoms with Gasteiger partial charge < -0.3 is 24.8 Å². The Kier molecular flexibility index (Phi) is 6.78. The molecule has 6 heteroatoms. The SMILES string of the molecule is COc1cc(NC(=O)NCCC2=CCCCC2)cc(OC)c1OC. The van der Waals surface area contributed by atoms with E-state index >= 15 is 0 Å². The summed E-state index contributed by atoms with van der Waals surface area (Å²) >= 11 is 0. The van der Waals surface area contributed by atoms with Crippen LogP contribution in [0.3, 0.4) is 0 Å². The van der Waals surface area contributed by atoms with Crippen LogP contribution in [0.5, 0.6) is 17.2 Å². The lowest BCUT2D eigenvalue weighted by atomic mass is 9.97. The third-order valence-corrected chi connectivity index (χ3v) is 4.04. The van der Waals surface area contributed by atoms with Crippen LogP contribution in [0.25, 0.3) is 0 Å². The number of benzene rings is 1. The molecule has 0 unspecified atom stereocenters. The highest BCUT2D eigenvalue weighted by atomic mass is 16.5. The molecule has 2 rings (SSSR count). The molecule has 1 aliphatic rings. The summed E-state index contributed by atoms with van der Waals surface area (Å²) < 4.78 is 15.8. The van der Waals surface area contributed by atoms with Crippen molar-refractivity contribution in [2.24, 2.45) is 0 Å². The molecular formula is C18H26N2O4. The highest BCUT2D eigenvalue weighted by Gasteiger charge is 2.14. The van der Waals surface area contributed by atoms with Gasteiger partial charge in [-0.25, -0.2) is 4.79 Å². The van der Waals surface area contributed by atoms with Crippen LogP contribution in [-0.4, -0.2) is 33.9 Å². The lowest BCUT2D eigenvalue weighted by Crippen LogP contribution is -2.29. The summed E-state index contributed by atoms with van der Waals surface area (Å²) in [6.45, 7) is 0.627. The molecule has 0 atom stereocenters. The molecule has 0 aromatic heterocycles. The fourth-order valence-electron chi connectivity index (χ4n) is 2.80. The number of rotatable bonds is 7. The van der Waals surface area contributed by atoms with Gasteiger partial charge in [0.1, 0.15) is 0 Å². The first-order chi connectivity index (χ1) is 11.7. The lowest BCUT2D eigenvalue weighted by Gasteiger charge is -2.15. The number of nitrogens with one attached hydrogen (secondary N) is 2. The molecule has 24 heavy (non-hydrogen) atoms. The Labute approximate surface area is 143 Å². The molecule has 0 aliphatic heterocycles. The smallest absolute Gasteiger partial charge is 0.319 e. The highest BCUT2D eigenvalue weighted by Crippen LogP contribution is 2.39. The summed E-state index contributed by atoms with van der Waals surface area (Å²) in [5.41, 5.74) is 2.02. The molecule has 1 aliphatic carbocycles. The van der Waals surface area contributed by atoms with Crippen molar-refractivity contribution in [2.75, 3.05) is 33.2 Å². The molecule has 0 saturated carbocycles. The topological polar surface area (TPSA) is 68.8 Å². The number of amides is 2. The number of methoxy groups -OCH3 is 3. The highest BCUT2D eigenvalue weighted by molar-refractivity contribution is 5.90. The molecular weight excluding hydrogens is 308 g/mol. The molecule has 0 spiro atoms. The van der Waals surface area contributed by atoms with Crippen LogP contribution >= 0.6 is 0 Å². The monoisotopic (exact) mass is 334 g/mol. The summed E-state index contributed by atoms with van der Waals surface area (Å²) in [7, 11) is 4.62. The molecule has 2 N–H and O–H groups in total. The molecule has 6 nitrogen and oxygen atoms in total. The Bertz CT molecular complexity index is 574. The van der Waals surface area contributed by atoms with Crippen LogP contribution in [-0.2, 0) is 0 Å². The van der Waals surface area contributed by atoms with Crippen molar-refractivity contribution < 1.29 is 19.0 Å². The van der Waals surface area contributed by atoms with E-state index in [0.29, 0.717) is 29.5 Å². The quantitative estimate of drug-likeness (QED) is 0.746. The third kappa shape index (κ3) is 4.81. The zero-order valence-corrected chi connectivity index (χ0v) is 14.6. The van der Waals surface area contributed by atoms with E-state index < -0.39 is 0 Å². The first-order valence-electron chi connectivity index (χ1n) is 8.20. The van der Waals surface area contributed by atoms with Gasteiger partial charge in [-0.1, -0.05) is 11.6 Å². The van der Waals surface area contributed by atoms with Gasteiger partial charge in [-0.15, -0.1) is 0 Å². The minimum atomic E-state index is -0.249. The second kappa shape index (κ2) is 9.05. The molecule has 0 bridgehead atoms. The van der Waals surface area contributed by atoms with E-state index in [0.717, 1.165) is 19.3 Å². The Morgan fingerprint density at radius 2 is 1.79 bits per heavy atom. The van der Waals surface area contributed by atoms with Crippen LogP contribution in [0.1, 0.15) is 32.1 Å². The van der Waals surface area contributed by atoms with Crippen LogP contribution in [0.2, 0.25) is 0 Å². The number of carbonyl (C=O) groups is 1. The van der Waals surface area contributed by atoms with Crippen molar-refractivity contribution in [3.8, 4) is 17.2 Å². The number of allylic oxidation sites excluding steroid dienone is 1. The van der Waals surface area contributed by atoms with E-state index in [1.54, 1.807) is 33.5 Å². The fraction of sp³-hybridized carbons (Fsp3) is 0.500. The summed E-state index contributed by atoms with van der Waals surface area (Å²) in [5, 5.41) is 5.67. The Morgan fingerprint density at radius 3 is 2.33 bits per heavy atom. The van der Waals surface area contributed by atoms with E-state index in [2.05, 4.69) is 16.7 Å². The lowest BCUT2D eigenvalue weighted by molar-refractivity contribution is 0.252. The van der Waals surface area contributed by atoms with E-state index in [1.165, 1.54) is 18.4 Å². The predicted octanol–water partition coefficient (Wildman–Crippen LogP) is 3.72. The molecule has 1 aromatic carbocycles. The van der Waals surface area contributed by atoms with Crippen molar-refractivity contribution in [1.29, 1.82) is 0 Å². The van der Waals surface area contributed by atoms with Gasteiger partial charge in [0.05, 0.1) is 27.0 Å². The van der Waals surface area contributed by atoms with Crippen LogP contribution in [0.15, 0.2) is 23.8 Å². The molecule has 132 valence electrons. The Morgan fingerprint density at radius 1 is 1.08 bits per heavy atom. The number of hydrogen-bond acceptors (Lipinski definition) is 4. The zero-order chi connectivity index (χ0) is 17.4. The predicted molar refractivity (Wildman–Crippen MR) is 94.3 cm³/mol. The third-order valence-electron chi connectivity index (χ3n) is 4.04. The maximum Gasteiger partial charge on any atom is 0.319 e. The zero-order valence-electron chi connectivity index (χ0n) is 14.6. The molecule has 0 saturated heterocycles. The second-order valence-electron chi connectivity index (χ2n) is 5.65. The van der Waals surface area contributed by atoms with Crippen molar-refractivity contribution in [1.82, 2.24) is 5.32 Å². The van der Waals surface area contributed by atoms with Gasteiger partial charge in [-0.2, -0.15) is 0 Å². The van der Waals surface area contributed by atoms with Crippen LogP contribution < -0.4 is 24.8 Å². The number of carbonyl (C=O) groups excluding carboxylic acids is 1. The average Bonchev–Trinajstić information content (AvgIpc) is 2.61. The normalized spacial score (nSPS) is 13.7. The van der Waals surface area contributed by atoms with Crippen molar-refractivity contribution in [3.63, 3.8) is 0 Å². The van der Waals surface area contributed by atoms with Gasteiger partial charge in [0.25, 0.3) is 0 Å². The average molecular weight is 334 g/mol. The molecule has 0 heterocycles. The van der Waals surface area contributed by atoms with E-state index in [9.17, 15) is 4.79 Å². The summed E-state index contributed by atoms with van der Waals surface area (Å²) in [4.78, 5) is 12.1. The summed E-state index contributed by atoms with van der Waals surface area (Å²) in [6, 6.07) is 3.15. The number of ether oxygens (including phenoxy) is 3. The van der Waals surface area contributed by atoms with Gasteiger partial charge in [0.15, 0.2) is 11.5 Å². The molecule has 1 aromatic rings. The van der Waals surface area contributed by atoms with Gasteiger partial charge in [0, 0.05) is 18.7 Å². The maximum atomic E-state index is 12.1. The van der Waals surface area contributed by atoms with Crippen LogP contribution in [0, 0.1) is 0 Å². The number of anilines is 1. The molecule has 0 radical (unpaired) electrons. The van der Waals surface area contributed by atoms with Crippen molar-refractivity contribution >= 4 is 11.7 Å². The maximum absolute atomic E-state index is 12.1. The van der Waals surface area contributed by atoms with Gasteiger partial charge in [-0.05, 0) is 32.1 Å². The van der Waals surface area contributed by atoms with E-state index in [-0.39, 0.29) is 6.03 Å². The Balaban J connectivity index is 1.92. The molecule has 0 fully saturated rings. The first kappa shape index (κ1) is 18.0. The molecule has 2 amide bonds. The van der Waals surface area contributed by atoms with E-state index in [4.69, 9.17) is 14.2 Å². The number of urea groups is 1. The van der Waals surface area contributed by atoms with Crippen molar-refractivity contribution in [2.45, 2.75) is 32.1 Å². The first-order valence-corrected chi connectivity index (χ1v) is 8.20. The van der Waals surface area contributed by atoms with Gasteiger partial charge in [0.2, 0.25) is 5.75 Å². The largest absolute Gasteiger partial charge is 0.493 e. The van der Waals surface area contributed by atoms with Crippen LogP contribution in [0.4, 0.5) is 10.5 Å². The number of hydrogen-bond donors (Lipinski definition) is 2. The fourth-order valence-corrected chi connectivity index (χ4v) is 2.80. The van der Waals surface area contributed by atoms with Gasteiger partial charge >= 0.3 is 6.03 Å². The second-order valence-corrected chi connectivity index (χ2v) is 5.65. The van der Waals surface area contributed by atoms with Gasteiger partial charge in [-0.3, -0.25) is 0 Å². The van der Waals surface area contributed by atoms with E-state index in [1.807, 2.05) is 0 Å². The summed E-state index contributed by atoms with van der Waals surface area (Å²) in [5.74, 6) is 1.49. The minimum Gasteiger partial charge on any atom is -0.493 e. The van der Waals surface area contributed by atoms with Crippen molar-refractivity contribution in [3.05, 3.63) is 23.8 Å². The summed E-state index contributed by atoms with van der Waals surface area (Å²) in [6.07, 6.45) is 8.04. The Hall–Kier alpha value is -2.37. The minimum absolute atomic E-state index is 0.249.